The van der Waals surface area contributed by atoms with Gasteiger partial charge in [-0.25, -0.2) is 9.18 Å². The first kappa shape index (κ1) is 23.2. The van der Waals surface area contributed by atoms with Gasteiger partial charge in [0.05, 0.1) is 5.92 Å². The first-order valence-electron chi connectivity index (χ1n) is 10.7. The number of hydrogen-bond acceptors (Lipinski definition) is 5. The van der Waals surface area contributed by atoms with Crippen LogP contribution in [0.1, 0.15) is 43.0 Å². The summed E-state index contributed by atoms with van der Waals surface area (Å²) in [5.41, 5.74) is 5.04. The van der Waals surface area contributed by atoms with Crippen molar-refractivity contribution >= 4 is 23.3 Å². The Hall–Kier alpha value is -3.43. The summed E-state index contributed by atoms with van der Waals surface area (Å²) in [7, 11) is 1.44. The number of halogens is 1. The van der Waals surface area contributed by atoms with Crippen LogP contribution in [0.25, 0.3) is 0 Å². The number of nitrogens with one attached hydrogen (secondary N) is 1. The van der Waals surface area contributed by atoms with Crippen molar-refractivity contribution in [3.05, 3.63) is 56.5 Å². The zero-order valence-electron chi connectivity index (χ0n) is 18.3. The molecule has 2 heterocycles. The molecule has 32 heavy (non-hydrogen) atoms. The molecule has 1 aromatic carbocycles. The SMILES string of the molecule is CCCCn1c(N)c(N(C)C(=O)C2CCCN(C(=O)c3ccc(F)cc3)C2)c(=O)[nH]c1=O. The summed E-state index contributed by atoms with van der Waals surface area (Å²) < 4.78 is 14.4. The number of aromatic amines is 1. The summed E-state index contributed by atoms with van der Waals surface area (Å²) in [4.78, 5) is 55.5. The Morgan fingerprint density at radius 1 is 1.25 bits per heavy atom. The van der Waals surface area contributed by atoms with Crippen LogP contribution in [0.5, 0.6) is 0 Å². The van der Waals surface area contributed by atoms with Crippen LogP contribution in [-0.2, 0) is 11.3 Å². The van der Waals surface area contributed by atoms with Crippen LogP contribution in [0.2, 0.25) is 0 Å². The summed E-state index contributed by atoms with van der Waals surface area (Å²) in [6.07, 6.45) is 2.67. The van der Waals surface area contributed by atoms with Gasteiger partial charge < -0.3 is 15.5 Å². The van der Waals surface area contributed by atoms with Crippen LogP contribution < -0.4 is 21.9 Å². The largest absolute Gasteiger partial charge is 0.383 e. The number of carbonyl (C=O) groups is 2. The summed E-state index contributed by atoms with van der Waals surface area (Å²) in [6.45, 7) is 2.95. The summed E-state index contributed by atoms with van der Waals surface area (Å²) in [5.74, 6) is -1.67. The van der Waals surface area contributed by atoms with E-state index in [1.807, 2.05) is 6.92 Å². The highest BCUT2D eigenvalue weighted by atomic mass is 19.1. The second-order valence-corrected chi connectivity index (χ2v) is 7.99. The molecule has 9 nitrogen and oxygen atoms in total. The lowest BCUT2D eigenvalue weighted by molar-refractivity contribution is -0.123. The van der Waals surface area contributed by atoms with E-state index in [1.165, 1.54) is 40.8 Å². The van der Waals surface area contributed by atoms with E-state index in [4.69, 9.17) is 5.73 Å². The van der Waals surface area contributed by atoms with Gasteiger partial charge in [0.2, 0.25) is 5.91 Å². The van der Waals surface area contributed by atoms with Gasteiger partial charge in [-0.05, 0) is 43.5 Å². The number of nitrogen functional groups attached to an aromatic ring is 1. The number of nitrogens with zero attached hydrogens (tertiary/aromatic N) is 3. The third-order valence-electron chi connectivity index (χ3n) is 5.76. The number of anilines is 2. The fourth-order valence-electron chi connectivity index (χ4n) is 3.96. The van der Waals surface area contributed by atoms with E-state index in [1.54, 1.807) is 4.90 Å². The van der Waals surface area contributed by atoms with Crippen LogP contribution >= 0.6 is 0 Å². The molecule has 10 heteroatoms. The number of aromatic nitrogens is 2. The Kier molecular flexibility index (Phi) is 7.12. The molecule has 1 saturated heterocycles. The van der Waals surface area contributed by atoms with Crippen molar-refractivity contribution in [3.8, 4) is 0 Å². The fourth-order valence-corrected chi connectivity index (χ4v) is 3.96. The molecule has 3 rings (SSSR count). The molecule has 3 N–H and O–H groups in total. The topological polar surface area (TPSA) is 121 Å². The van der Waals surface area contributed by atoms with Crippen molar-refractivity contribution in [2.24, 2.45) is 5.92 Å². The average molecular weight is 445 g/mol. The lowest BCUT2D eigenvalue weighted by Gasteiger charge is -2.34. The molecule has 0 radical (unpaired) electrons. The van der Waals surface area contributed by atoms with E-state index < -0.39 is 23.0 Å². The summed E-state index contributed by atoms with van der Waals surface area (Å²) >= 11 is 0. The predicted molar refractivity (Wildman–Crippen MR) is 119 cm³/mol. The van der Waals surface area contributed by atoms with Crippen LogP contribution in [0.4, 0.5) is 15.9 Å². The Morgan fingerprint density at radius 2 is 1.94 bits per heavy atom. The number of amides is 2. The lowest BCUT2D eigenvalue weighted by Crippen LogP contribution is -2.47. The molecular weight excluding hydrogens is 417 g/mol. The van der Waals surface area contributed by atoms with Crippen molar-refractivity contribution in [2.45, 2.75) is 39.2 Å². The van der Waals surface area contributed by atoms with Crippen LogP contribution in [0, 0.1) is 11.7 Å². The van der Waals surface area contributed by atoms with E-state index >= 15 is 0 Å². The second-order valence-electron chi connectivity index (χ2n) is 7.99. The van der Waals surface area contributed by atoms with Crippen molar-refractivity contribution in [1.29, 1.82) is 0 Å². The van der Waals surface area contributed by atoms with E-state index in [0.717, 1.165) is 6.42 Å². The Bertz CT molecular complexity index is 1110. The lowest BCUT2D eigenvalue weighted by atomic mass is 9.95. The number of piperidine rings is 1. The Balaban J connectivity index is 1.81. The highest BCUT2D eigenvalue weighted by Crippen LogP contribution is 2.24. The van der Waals surface area contributed by atoms with E-state index in [-0.39, 0.29) is 29.9 Å². The molecular formula is C22H28FN5O4. The van der Waals surface area contributed by atoms with Gasteiger partial charge in [-0.1, -0.05) is 13.3 Å². The van der Waals surface area contributed by atoms with Crippen LogP contribution in [0.15, 0.2) is 33.9 Å². The molecule has 1 aromatic heterocycles. The molecule has 1 atom stereocenters. The molecule has 0 spiro atoms. The zero-order valence-corrected chi connectivity index (χ0v) is 18.3. The second kappa shape index (κ2) is 9.80. The zero-order chi connectivity index (χ0) is 23.4. The number of nitrogens with two attached hydrogens (primary N) is 1. The van der Waals surface area contributed by atoms with Gasteiger partial charge in [0.15, 0.2) is 5.69 Å². The normalized spacial score (nSPS) is 16.1. The standard InChI is InChI=1S/C22H28FN5O4/c1-3-4-12-28-18(24)17(19(29)25-22(28)32)26(2)20(30)15-6-5-11-27(13-15)21(31)14-7-9-16(23)10-8-14/h7-10,15H,3-6,11-13,24H2,1-2H3,(H,25,29,32). The number of likely N-dealkylation sites (tertiary alicyclic amines) is 1. The molecule has 1 unspecified atom stereocenters. The Labute approximate surface area is 184 Å². The molecule has 172 valence electrons. The molecule has 0 bridgehead atoms. The minimum Gasteiger partial charge on any atom is -0.383 e. The average Bonchev–Trinajstić information content (AvgIpc) is 2.78. The first-order valence-corrected chi connectivity index (χ1v) is 10.7. The van der Waals surface area contributed by atoms with Crippen LogP contribution in [-0.4, -0.2) is 46.4 Å². The molecule has 0 aliphatic carbocycles. The van der Waals surface area contributed by atoms with E-state index in [9.17, 15) is 23.6 Å². The minimum absolute atomic E-state index is 0.0573. The highest BCUT2D eigenvalue weighted by Gasteiger charge is 2.32. The maximum absolute atomic E-state index is 13.2. The van der Waals surface area contributed by atoms with Crippen molar-refractivity contribution in [1.82, 2.24) is 14.5 Å². The molecule has 0 saturated carbocycles. The highest BCUT2D eigenvalue weighted by molar-refractivity contribution is 5.98. The van der Waals surface area contributed by atoms with Gasteiger partial charge in [0.1, 0.15) is 11.6 Å². The number of unbranched alkanes of at least 4 members (excludes halogenated alkanes) is 1. The van der Waals surface area contributed by atoms with E-state index in [2.05, 4.69) is 4.98 Å². The monoisotopic (exact) mass is 445 g/mol. The Morgan fingerprint density at radius 3 is 2.59 bits per heavy atom. The molecule has 1 aliphatic rings. The number of benzene rings is 1. The third-order valence-corrected chi connectivity index (χ3v) is 5.76. The molecule has 1 fully saturated rings. The number of hydrogen-bond donors (Lipinski definition) is 2. The molecule has 1 aliphatic heterocycles. The smallest absolute Gasteiger partial charge is 0.330 e. The quantitative estimate of drug-likeness (QED) is 0.699. The summed E-state index contributed by atoms with van der Waals surface area (Å²) in [6, 6.07) is 5.26. The maximum atomic E-state index is 13.2. The number of carbonyl (C=O) groups excluding carboxylic acids is 2. The number of H-pyrrole nitrogens is 1. The van der Waals surface area contributed by atoms with Gasteiger partial charge in [-0.3, -0.25) is 23.9 Å². The first-order chi connectivity index (χ1) is 15.2. The van der Waals surface area contributed by atoms with Gasteiger partial charge in [0, 0.05) is 32.2 Å². The molecule has 2 aromatic rings. The summed E-state index contributed by atoms with van der Waals surface area (Å²) in [5, 5.41) is 0. The van der Waals surface area contributed by atoms with Crippen LogP contribution in [0.3, 0.4) is 0 Å². The fraction of sp³-hybridized carbons (Fsp3) is 0.455. The van der Waals surface area contributed by atoms with Gasteiger partial charge in [-0.2, -0.15) is 0 Å². The van der Waals surface area contributed by atoms with Crippen molar-refractivity contribution < 1.29 is 14.0 Å². The number of rotatable bonds is 6. The predicted octanol–water partition coefficient (Wildman–Crippen LogP) is 1.57. The van der Waals surface area contributed by atoms with Crippen molar-refractivity contribution in [2.75, 3.05) is 30.8 Å². The third kappa shape index (κ3) is 4.74. The van der Waals surface area contributed by atoms with Gasteiger partial charge in [0.25, 0.3) is 11.5 Å². The minimum atomic E-state index is -0.730. The van der Waals surface area contributed by atoms with E-state index in [0.29, 0.717) is 37.9 Å². The maximum Gasteiger partial charge on any atom is 0.330 e. The van der Waals surface area contributed by atoms with Gasteiger partial charge in [-0.15, -0.1) is 0 Å². The van der Waals surface area contributed by atoms with Gasteiger partial charge >= 0.3 is 5.69 Å². The molecule has 2 amide bonds. The van der Waals surface area contributed by atoms with Crippen molar-refractivity contribution in [3.63, 3.8) is 0 Å².